The Balaban J connectivity index is 1.96. The van der Waals surface area contributed by atoms with Gasteiger partial charge in [-0.05, 0) is 49.7 Å². The summed E-state index contributed by atoms with van der Waals surface area (Å²) in [6.07, 6.45) is 0. The Labute approximate surface area is 177 Å². The molecule has 0 heterocycles. The zero-order chi connectivity index (χ0) is 21.7. The molecule has 30 heavy (non-hydrogen) atoms. The van der Waals surface area contributed by atoms with Crippen LogP contribution in [0.2, 0.25) is 0 Å². The molecule has 0 atom stereocenters. The fourth-order valence-corrected chi connectivity index (χ4v) is 4.51. The van der Waals surface area contributed by atoms with Crippen LogP contribution in [0.5, 0.6) is 5.75 Å². The van der Waals surface area contributed by atoms with Crippen LogP contribution in [-0.2, 0) is 14.8 Å². The molecule has 0 aliphatic heterocycles. The summed E-state index contributed by atoms with van der Waals surface area (Å²) in [7, 11) is -2.46. The topological polar surface area (TPSA) is 75.7 Å². The number of methoxy groups -OCH3 is 1. The molecule has 1 amide bonds. The van der Waals surface area contributed by atoms with Crippen molar-refractivity contribution in [3.05, 3.63) is 83.9 Å². The van der Waals surface area contributed by atoms with E-state index < -0.39 is 15.9 Å². The van der Waals surface area contributed by atoms with Crippen LogP contribution in [0.15, 0.2) is 77.7 Å². The smallest absolute Gasteiger partial charge is 0.264 e. The van der Waals surface area contributed by atoms with E-state index in [1.165, 1.54) is 19.2 Å². The van der Waals surface area contributed by atoms with Crippen molar-refractivity contribution in [1.29, 1.82) is 0 Å². The number of nitrogens with one attached hydrogen (secondary N) is 1. The Morgan fingerprint density at radius 1 is 0.967 bits per heavy atom. The number of hydrogen-bond donors (Lipinski definition) is 1. The zero-order valence-electron chi connectivity index (χ0n) is 17.1. The summed E-state index contributed by atoms with van der Waals surface area (Å²) < 4.78 is 33.0. The molecular formula is C23H24N2O4S. The van der Waals surface area contributed by atoms with E-state index in [-0.39, 0.29) is 11.4 Å². The lowest BCUT2D eigenvalue weighted by Crippen LogP contribution is -2.38. The van der Waals surface area contributed by atoms with Gasteiger partial charge in [-0.15, -0.1) is 0 Å². The minimum Gasteiger partial charge on any atom is -0.497 e. The molecule has 0 fully saturated rings. The highest BCUT2D eigenvalue weighted by Crippen LogP contribution is 2.27. The Bertz CT molecular complexity index is 1140. The first kappa shape index (κ1) is 21.4. The van der Waals surface area contributed by atoms with Crippen LogP contribution in [0.1, 0.15) is 11.1 Å². The number of carbonyl (C=O) groups is 1. The van der Waals surface area contributed by atoms with E-state index in [1.54, 1.807) is 42.5 Å². The number of hydrogen-bond acceptors (Lipinski definition) is 4. The van der Waals surface area contributed by atoms with Crippen LogP contribution in [0.4, 0.5) is 11.4 Å². The lowest BCUT2D eigenvalue weighted by molar-refractivity contribution is -0.114. The first-order valence-electron chi connectivity index (χ1n) is 9.40. The molecular weight excluding hydrogens is 400 g/mol. The molecule has 1 N–H and O–H groups in total. The predicted octanol–water partition coefficient (Wildman–Crippen LogP) is 4.15. The van der Waals surface area contributed by atoms with Gasteiger partial charge >= 0.3 is 0 Å². The minimum absolute atomic E-state index is 0.104. The van der Waals surface area contributed by atoms with Crippen LogP contribution >= 0.6 is 0 Å². The summed E-state index contributed by atoms with van der Waals surface area (Å²) in [4.78, 5) is 12.9. The van der Waals surface area contributed by atoms with E-state index in [0.717, 1.165) is 15.4 Å². The third-order valence-electron chi connectivity index (χ3n) is 4.62. The Kier molecular flexibility index (Phi) is 6.42. The van der Waals surface area contributed by atoms with Gasteiger partial charge in [-0.1, -0.05) is 42.0 Å². The number of benzene rings is 3. The normalized spacial score (nSPS) is 11.0. The van der Waals surface area contributed by atoms with E-state index in [4.69, 9.17) is 4.74 Å². The fraction of sp³-hybridized carbons (Fsp3) is 0.174. The molecule has 0 saturated heterocycles. The second kappa shape index (κ2) is 9.00. The molecule has 6 nitrogen and oxygen atoms in total. The van der Waals surface area contributed by atoms with E-state index in [0.29, 0.717) is 17.1 Å². The third-order valence-corrected chi connectivity index (χ3v) is 6.40. The monoisotopic (exact) mass is 424 g/mol. The lowest BCUT2D eigenvalue weighted by Gasteiger charge is -2.24. The van der Waals surface area contributed by atoms with Gasteiger partial charge in [-0.25, -0.2) is 8.42 Å². The molecule has 0 spiro atoms. The first-order chi connectivity index (χ1) is 14.3. The van der Waals surface area contributed by atoms with Gasteiger partial charge in [0.2, 0.25) is 5.91 Å². The second-order valence-corrected chi connectivity index (χ2v) is 8.76. The molecule has 0 unspecified atom stereocenters. The predicted molar refractivity (Wildman–Crippen MR) is 119 cm³/mol. The Morgan fingerprint density at radius 3 is 2.37 bits per heavy atom. The molecule has 0 aliphatic rings. The van der Waals surface area contributed by atoms with E-state index >= 15 is 0 Å². The van der Waals surface area contributed by atoms with Crippen molar-refractivity contribution in [2.45, 2.75) is 18.7 Å². The molecule has 156 valence electrons. The maximum atomic E-state index is 13.3. The van der Waals surface area contributed by atoms with Crippen molar-refractivity contribution in [2.75, 3.05) is 23.3 Å². The van der Waals surface area contributed by atoms with E-state index in [1.807, 2.05) is 32.0 Å². The first-order valence-corrected chi connectivity index (χ1v) is 10.8. The number of nitrogens with zero attached hydrogens (tertiary/aromatic N) is 1. The molecule has 0 bridgehead atoms. The number of carbonyl (C=O) groups excluding carboxylic acids is 1. The quantitative estimate of drug-likeness (QED) is 0.618. The summed E-state index contributed by atoms with van der Waals surface area (Å²) in [5.74, 6) is 0.0554. The van der Waals surface area contributed by atoms with Crippen LogP contribution in [0.25, 0.3) is 0 Å². The summed E-state index contributed by atoms with van der Waals surface area (Å²) in [6.45, 7) is 3.48. The van der Waals surface area contributed by atoms with Gasteiger partial charge in [0.05, 0.1) is 17.7 Å². The van der Waals surface area contributed by atoms with Gasteiger partial charge in [0.15, 0.2) is 0 Å². The highest BCUT2D eigenvalue weighted by molar-refractivity contribution is 7.92. The van der Waals surface area contributed by atoms with Crippen molar-refractivity contribution in [1.82, 2.24) is 0 Å². The maximum Gasteiger partial charge on any atom is 0.264 e. The van der Waals surface area contributed by atoms with E-state index in [2.05, 4.69) is 5.32 Å². The second-order valence-electron chi connectivity index (χ2n) is 6.89. The molecule has 0 radical (unpaired) electrons. The van der Waals surface area contributed by atoms with Crippen molar-refractivity contribution < 1.29 is 17.9 Å². The van der Waals surface area contributed by atoms with Gasteiger partial charge in [-0.3, -0.25) is 9.10 Å². The largest absolute Gasteiger partial charge is 0.497 e. The van der Waals surface area contributed by atoms with Crippen LogP contribution in [0, 0.1) is 13.8 Å². The zero-order valence-corrected chi connectivity index (χ0v) is 17.9. The average Bonchev–Trinajstić information content (AvgIpc) is 2.74. The molecule has 3 rings (SSSR count). The number of amides is 1. The van der Waals surface area contributed by atoms with Crippen LogP contribution in [-0.4, -0.2) is 28.0 Å². The number of sulfonamides is 1. The number of aryl methyl sites for hydroxylation is 2. The number of ether oxygens (including phenoxy) is 1. The fourth-order valence-electron chi connectivity index (χ4n) is 3.07. The Hall–Kier alpha value is -3.32. The van der Waals surface area contributed by atoms with Crippen molar-refractivity contribution in [3.8, 4) is 5.75 Å². The summed E-state index contributed by atoms with van der Waals surface area (Å²) in [5, 5.41) is 2.81. The lowest BCUT2D eigenvalue weighted by atomic mass is 10.1. The summed E-state index contributed by atoms with van der Waals surface area (Å²) in [5.41, 5.74) is 2.97. The van der Waals surface area contributed by atoms with Gasteiger partial charge in [0.1, 0.15) is 12.3 Å². The van der Waals surface area contributed by atoms with Gasteiger partial charge in [0.25, 0.3) is 10.0 Å². The molecule has 7 heteroatoms. The molecule has 0 saturated carbocycles. The Morgan fingerprint density at radius 2 is 1.70 bits per heavy atom. The highest BCUT2D eigenvalue weighted by atomic mass is 32.2. The minimum atomic E-state index is -3.97. The van der Waals surface area contributed by atoms with E-state index in [9.17, 15) is 13.2 Å². The van der Waals surface area contributed by atoms with Gasteiger partial charge in [0, 0.05) is 11.8 Å². The molecule has 3 aromatic carbocycles. The van der Waals surface area contributed by atoms with Crippen molar-refractivity contribution >= 4 is 27.3 Å². The van der Waals surface area contributed by atoms with Crippen molar-refractivity contribution in [2.24, 2.45) is 0 Å². The van der Waals surface area contributed by atoms with Crippen molar-refractivity contribution in [3.63, 3.8) is 0 Å². The summed E-state index contributed by atoms with van der Waals surface area (Å²) in [6, 6.07) is 20.3. The third kappa shape index (κ3) is 4.80. The average molecular weight is 425 g/mol. The van der Waals surface area contributed by atoms with Crippen LogP contribution in [0.3, 0.4) is 0 Å². The molecule has 0 aliphatic carbocycles. The highest BCUT2D eigenvalue weighted by Gasteiger charge is 2.27. The number of anilines is 2. The van der Waals surface area contributed by atoms with Gasteiger partial charge < -0.3 is 10.1 Å². The van der Waals surface area contributed by atoms with Crippen LogP contribution < -0.4 is 14.4 Å². The standard InChI is InChI=1S/C23H24N2O4S/c1-17-12-13-22(18(2)14-17)24-23(26)16-25(19-8-7-9-20(15-19)29-3)30(27,28)21-10-5-4-6-11-21/h4-15H,16H2,1-3H3,(H,24,26). The van der Waals surface area contributed by atoms with Gasteiger partial charge in [-0.2, -0.15) is 0 Å². The summed E-state index contributed by atoms with van der Waals surface area (Å²) >= 11 is 0. The number of rotatable bonds is 7. The molecule has 3 aromatic rings. The maximum absolute atomic E-state index is 13.3. The molecule has 0 aromatic heterocycles. The SMILES string of the molecule is COc1cccc(N(CC(=O)Nc2ccc(C)cc2C)S(=O)(=O)c2ccccc2)c1.